The predicted octanol–water partition coefficient (Wildman–Crippen LogP) is 3.32. The van der Waals surface area contributed by atoms with Gasteiger partial charge in [0.25, 0.3) is 0 Å². The lowest BCUT2D eigenvalue weighted by Crippen LogP contribution is -2.40. The van der Waals surface area contributed by atoms with Crippen molar-refractivity contribution in [2.75, 3.05) is 24.7 Å². The van der Waals surface area contributed by atoms with Crippen molar-refractivity contribution in [3.8, 4) is 11.1 Å². The van der Waals surface area contributed by atoms with Gasteiger partial charge in [-0.05, 0) is 79.3 Å². The van der Waals surface area contributed by atoms with E-state index in [9.17, 15) is 19.5 Å². The van der Waals surface area contributed by atoms with Crippen LogP contribution in [0.2, 0.25) is 0 Å². The first kappa shape index (κ1) is 29.1. The summed E-state index contributed by atoms with van der Waals surface area (Å²) in [5.74, 6) is -1.99. The zero-order chi connectivity index (χ0) is 29.2. The van der Waals surface area contributed by atoms with E-state index in [0.29, 0.717) is 28.2 Å². The van der Waals surface area contributed by atoms with Crippen LogP contribution in [0.1, 0.15) is 15.9 Å². The minimum Gasteiger partial charge on any atom is -0.478 e. The lowest BCUT2D eigenvalue weighted by molar-refractivity contribution is -0.111. The molecule has 3 amide bonds. The minimum atomic E-state index is -1.14. The number of aromatic carboxylic acids is 1. The van der Waals surface area contributed by atoms with Crippen molar-refractivity contribution in [2.24, 2.45) is 21.5 Å². The SMILES string of the molecule is C=CC(=O)Nc1cc(C(=O)O)cc(-c2ccc(NC(=O)N/C(N)=N\C(N)=Nc3ccc(CN(C)C)cc3)cc2)c1. The Morgan fingerprint density at radius 3 is 2.20 bits per heavy atom. The number of carbonyl (C=O) groups excluding carboxylic acids is 2. The van der Waals surface area contributed by atoms with Gasteiger partial charge in [-0.15, -0.1) is 0 Å². The first-order valence-corrected chi connectivity index (χ1v) is 11.9. The lowest BCUT2D eigenvalue weighted by Gasteiger charge is -2.10. The summed E-state index contributed by atoms with van der Waals surface area (Å²) in [5, 5.41) is 17.0. The fourth-order valence-corrected chi connectivity index (χ4v) is 3.56. The second-order valence-electron chi connectivity index (χ2n) is 8.83. The summed E-state index contributed by atoms with van der Waals surface area (Å²) in [6, 6.07) is 17.9. The maximum atomic E-state index is 12.4. The van der Waals surface area contributed by atoms with Gasteiger partial charge in [-0.1, -0.05) is 30.8 Å². The molecule has 0 bridgehead atoms. The molecule has 0 saturated carbocycles. The third kappa shape index (κ3) is 8.82. The van der Waals surface area contributed by atoms with E-state index < -0.39 is 17.9 Å². The number of hydrogen-bond donors (Lipinski definition) is 6. The maximum Gasteiger partial charge on any atom is 0.335 e. The van der Waals surface area contributed by atoms with Crippen molar-refractivity contribution in [3.05, 3.63) is 90.5 Å². The van der Waals surface area contributed by atoms with Crippen LogP contribution in [0.15, 0.2) is 89.4 Å². The van der Waals surface area contributed by atoms with Gasteiger partial charge in [-0.2, -0.15) is 4.99 Å². The van der Waals surface area contributed by atoms with E-state index in [0.717, 1.165) is 18.2 Å². The number of carbonyl (C=O) groups is 3. The summed E-state index contributed by atoms with van der Waals surface area (Å²) in [4.78, 5) is 45.7. The molecule has 0 aromatic heterocycles. The van der Waals surface area contributed by atoms with Gasteiger partial charge in [0.1, 0.15) is 0 Å². The molecule has 3 aromatic carbocycles. The molecule has 0 aliphatic rings. The van der Waals surface area contributed by atoms with Crippen molar-refractivity contribution in [1.29, 1.82) is 0 Å². The van der Waals surface area contributed by atoms with Crippen LogP contribution in [0, 0.1) is 0 Å². The highest BCUT2D eigenvalue weighted by molar-refractivity contribution is 6.05. The molecule has 206 valence electrons. The van der Waals surface area contributed by atoms with Gasteiger partial charge >= 0.3 is 12.0 Å². The average Bonchev–Trinajstić information content (AvgIpc) is 2.89. The molecule has 8 N–H and O–H groups in total. The van der Waals surface area contributed by atoms with Crippen molar-refractivity contribution in [1.82, 2.24) is 10.2 Å². The van der Waals surface area contributed by atoms with Gasteiger partial charge in [0, 0.05) is 17.9 Å². The van der Waals surface area contributed by atoms with Crippen molar-refractivity contribution in [3.63, 3.8) is 0 Å². The highest BCUT2D eigenvalue weighted by atomic mass is 16.4. The van der Waals surface area contributed by atoms with E-state index in [4.69, 9.17) is 11.5 Å². The Hall–Kier alpha value is -5.49. The molecule has 40 heavy (non-hydrogen) atoms. The zero-order valence-electron chi connectivity index (χ0n) is 22.0. The van der Waals surface area contributed by atoms with E-state index in [1.54, 1.807) is 42.5 Å². The highest BCUT2D eigenvalue weighted by Gasteiger charge is 2.11. The van der Waals surface area contributed by atoms with Crippen LogP contribution in [-0.4, -0.2) is 53.9 Å². The Kier molecular flexibility index (Phi) is 9.70. The molecule has 3 rings (SSSR count). The Balaban J connectivity index is 1.64. The normalized spacial score (nSPS) is 11.6. The lowest BCUT2D eigenvalue weighted by atomic mass is 10.0. The third-order valence-electron chi connectivity index (χ3n) is 5.26. The fourth-order valence-electron chi connectivity index (χ4n) is 3.56. The molecule has 12 nitrogen and oxygen atoms in total. The molecule has 0 aliphatic heterocycles. The van der Waals surface area contributed by atoms with Crippen molar-refractivity contribution in [2.45, 2.75) is 6.54 Å². The number of nitrogens with zero attached hydrogens (tertiary/aromatic N) is 3. The summed E-state index contributed by atoms with van der Waals surface area (Å²) in [7, 11) is 3.96. The number of nitrogens with two attached hydrogens (primary N) is 2. The maximum absolute atomic E-state index is 12.4. The number of nitrogens with one attached hydrogen (secondary N) is 3. The summed E-state index contributed by atoms with van der Waals surface area (Å²) in [6.45, 7) is 4.18. The van der Waals surface area contributed by atoms with E-state index in [1.165, 1.54) is 12.1 Å². The number of carboxylic acids is 1. The number of amides is 3. The Morgan fingerprint density at radius 1 is 0.925 bits per heavy atom. The molecular weight excluding hydrogens is 512 g/mol. The minimum absolute atomic E-state index is 0.00245. The summed E-state index contributed by atoms with van der Waals surface area (Å²) < 4.78 is 0. The quantitative estimate of drug-likeness (QED) is 0.143. The summed E-state index contributed by atoms with van der Waals surface area (Å²) in [5.41, 5.74) is 15.3. The molecular formula is C28H30N8O4. The Bertz CT molecular complexity index is 1460. The molecule has 0 aliphatic carbocycles. The van der Waals surface area contributed by atoms with Crippen LogP contribution in [0.5, 0.6) is 0 Å². The number of hydrogen-bond acceptors (Lipinski definition) is 5. The van der Waals surface area contributed by atoms with E-state index in [2.05, 4.69) is 32.5 Å². The number of carboxylic acid groups (broad SMARTS) is 1. The van der Waals surface area contributed by atoms with Gasteiger partial charge in [-0.25, -0.2) is 14.6 Å². The highest BCUT2D eigenvalue weighted by Crippen LogP contribution is 2.26. The number of urea groups is 1. The zero-order valence-corrected chi connectivity index (χ0v) is 22.0. The Morgan fingerprint density at radius 2 is 1.60 bits per heavy atom. The molecule has 0 atom stereocenters. The van der Waals surface area contributed by atoms with Crippen LogP contribution in [0.3, 0.4) is 0 Å². The number of rotatable bonds is 8. The second-order valence-corrected chi connectivity index (χ2v) is 8.83. The standard InChI is InChI=1S/C28H30N8O4/c1-4-24(37)31-23-14-19(13-20(15-23)25(38)39)18-7-11-22(12-8-18)33-28(40)35-27(30)34-26(29)32-21-9-5-17(6-10-21)16-36(2)3/h4-15H,1,16H2,2-3H3,(H,31,37)(H,38,39)(H6,29,30,32,33,34,35,40). The van der Waals surface area contributed by atoms with Crippen LogP contribution in [0.25, 0.3) is 11.1 Å². The van der Waals surface area contributed by atoms with Crippen LogP contribution >= 0.6 is 0 Å². The average molecular weight is 543 g/mol. The van der Waals surface area contributed by atoms with Gasteiger partial charge < -0.3 is 32.1 Å². The first-order chi connectivity index (χ1) is 19.0. The van der Waals surface area contributed by atoms with Gasteiger partial charge in [0.05, 0.1) is 11.3 Å². The second kappa shape index (κ2) is 13.3. The first-order valence-electron chi connectivity index (χ1n) is 11.9. The molecule has 0 fully saturated rings. The smallest absolute Gasteiger partial charge is 0.335 e. The fraction of sp³-hybridized carbons (Fsp3) is 0.107. The topological polar surface area (TPSA) is 188 Å². The molecule has 0 unspecified atom stereocenters. The summed E-state index contributed by atoms with van der Waals surface area (Å²) in [6.07, 6.45) is 1.09. The molecule has 0 heterocycles. The van der Waals surface area contributed by atoms with Crippen molar-refractivity contribution < 1.29 is 19.5 Å². The largest absolute Gasteiger partial charge is 0.478 e. The number of benzene rings is 3. The molecule has 0 radical (unpaired) electrons. The molecule has 0 spiro atoms. The van der Waals surface area contributed by atoms with Gasteiger partial charge in [0.2, 0.25) is 17.8 Å². The Labute approximate surface area is 231 Å². The van der Waals surface area contributed by atoms with E-state index in [1.807, 2.05) is 31.1 Å². The molecule has 0 saturated heterocycles. The monoisotopic (exact) mass is 542 g/mol. The number of anilines is 2. The third-order valence-corrected chi connectivity index (χ3v) is 5.26. The molecule has 3 aromatic rings. The van der Waals surface area contributed by atoms with Crippen LogP contribution in [-0.2, 0) is 11.3 Å². The van der Waals surface area contributed by atoms with E-state index in [-0.39, 0.29) is 17.5 Å². The van der Waals surface area contributed by atoms with Gasteiger partial charge in [-0.3, -0.25) is 10.1 Å². The number of aliphatic imine (C=N–C) groups is 2. The molecule has 12 heteroatoms. The van der Waals surface area contributed by atoms with Crippen molar-refractivity contribution >= 4 is 46.9 Å². The van der Waals surface area contributed by atoms with Crippen LogP contribution < -0.4 is 27.4 Å². The van der Waals surface area contributed by atoms with Gasteiger partial charge in [0.15, 0.2) is 0 Å². The summed E-state index contributed by atoms with van der Waals surface area (Å²) >= 11 is 0. The van der Waals surface area contributed by atoms with Crippen LogP contribution in [0.4, 0.5) is 21.9 Å². The predicted molar refractivity (Wildman–Crippen MR) is 157 cm³/mol. The number of guanidine groups is 2. The van der Waals surface area contributed by atoms with E-state index >= 15 is 0 Å².